The summed E-state index contributed by atoms with van der Waals surface area (Å²) in [6.45, 7) is 1.35. The number of nitrogens with zero attached hydrogens (tertiary/aromatic N) is 2. The van der Waals surface area contributed by atoms with Crippen LogP contribution in [0.15, 0.2) is 36.7 Å². The highest BCUT2D eigenvalue weighted by Crippen LogP contribution is 2.18. The van der Waals surface area contributed by atoms with Crippen LogP contribution in [-0.2, 0) is 0 Å². The fourth-order valence-electron chi connectivity index (χ4n) is 2.57. The highest BCUT2D eigenvalue weighted by molar-refractivity contribution is 5.90. The zero-order chi connectivity index (χ0) is 14.7. The van der Waals surface area contributed by atoms with Gasteiger partial charge in [0.2, 0.25) is 0 Å². The molecule has 0 unspecified atom stereocenters. The van der Waals surface area contributed by atoms with E-state index in [9.17, 15) is 9.18 Å². The van der Waals surface area contributed by atoms with Gasteiger partial charge in [0.1, 0.15) is 5.82 Å². The SMILES string of the molecule is O=C(c1ncc[nH]1)N1CCC(Nc2cccc(F)c2)CC1. The Morgan fingerprint density at radius 1 is 1.38 bits per heavy atom. The van der Waals surface area contributed by atoms with Crippen molar-refractivity contribution >= 4 is 11.6 Å². The lowest BCUT2D eigenvalue weighted by Gasteiger charge is -2.32. The Labute approximate surface area is 122 Å². The monoisotopic (exact) mass is 288 g/mol. The van der Waals surface area contributed by atoms with Gasteiger partial charge in [0, 0.05) is 37.2 Å². The van der Waals surface area contributed by atoms with Gasteiger partial charge in [-0.2, -0.15) is 0 Å². The Balaban J connectivity index is 1.54. The lowest BCUT2D eigenvalue weighted by atomic mass is 10.0. The van der Waals surface area contributed by atoms with Crippen LogP contribution in [0.5, 0.6) is 0 Å². The number of halogens is 1. The van der Waals surface area contributed by atoms with Gasteiger partial charge in [0.15, 0.2) is 5.82 Å². The number of hydrogen-bond donors (Lipinski definition) is 2. The first-order valence-electron chi connectivity index (χ1n) is 7.03. The van der Waals surface area contributed by atoms with E-state index in [1.54, 1.807) is 23.4 Å². The van der Waals surface area contributed by atoms with E-state index in [1.165, 1.54) is 12.1 Å². The average Bonchev–Trinajstić information content (AvgIpc) is 3.01. The summed E-state index contributed by atoms with van der Waals surface area (Å²) in [4.78, 5) is 20.7. The van der Waals surface area contributed by atoms with Crippen LogP contribution in [0.1, 0.15) is 23.5 Å². The van der Waals surface area contributed by atoms with Crippen LogP contribution in [0.4, 0.5) is 10.1 Å². The van der Waals surface area contributed by atoms with Crippen molar-refractivity contribution in [1.82, 2.24) is 14.9 Å². The Morgan fingerprint density at radius 2 is 2.19 bits per heavy atom. The Bertz CT molecular complexity index is 606. The van der Waals surface area contributed by atoms with Gasteiger partial charge in [-0.1, -0.05) is 6.07 Å². The molecule has 1 aromatic heterocycles. The summed E-state index contributed by atoms with van der Waals surface area (Å²) >= 11 is 0. The number of imidazole rings is 1. The van der Waals surface area contributed by atoms with Gasteiger partial charge >= 0.3 is 0 Å². The van der Waals surface area contributed by atoms with Crippen LogP contribution in [-0.4, -0.2) is 39.9 Å². The van der Waals surface area contributed by atoms with Crippen molar-refractivity contribution in [3.8, 4) is 0 Å². The molecule has 1 aliphatic heterocycles. The van der Waals surface area contributed by atoms with Gasteiger partial charge in [-0.3, -0.25) is 4.79 Å². The first kappa shape index (κ1) is 13.6. The summed E-state index contributed by atoms with van der Waals surface area (Å²) in [5.41, 5.74) is 0.783. The average molecular weight is 288 g/mol. The second-order valence-electron chi connectivity index (χ2n) is 5.16. The summed E-state index contributed by atoms with van der Waals surface area (Å²) in [6, 6.07) is 6.71. The first-order valence-corrected chi connectivity index (χ1v) is 7.03. The van der Waals surface area contributed by atoms with E-state index in [1.807, 2.05) is 6.07 Å². The minimum Gasteiger partial charge on any atom is -0.382 e. The number of carbonyl (C=O) groups is 1. The fraction of sp³-hybridized carbons (Fsp3) is 0.333. The van der Waals surface area contributed by atoms with Crippen molar-refractivity contribution in [1.29, 1.82) is 0 Å². The summed E-state index contributed by atoms with van der Waals surface area (Å²) in [5, 5.41) is 3.31. The molecule has 2 aromatic rings. The molecule has 1 amide bonds. The molecule has 3 rings (SSSR count). The maximum Gasteiger partial charge on any atom is 0.289 e. The molecular formula is C15H17FN4O. The topological polar surface area (TPSA) is 61.0 Å². The predicted molar refractivity (Wildman–Crippen MR) is 77.5 cm³/mol. The molecule has 0 bridgehead atoms. The molecule has 1 aliphatic rings. The molecule has 2 heterocycles. The van der Waals surface area contributed by atoms with Crippen LogP contribution in [0.3, 0.4) is 0 Å². The lowest BCUT2D eigenvalue weighted by Crippen LogP contribution is -2.42. The van der Waals surface area contributed by atoms with Crippen LogP contribution < -0.4 is 5.32 Å². The van der Waals surface area contributed by atoms with E-state index in [4.69, 9.17) is 0 Å². The molecule has 21 heavy (non-hydrogen) atoms. The van der Waals surface area contributed by atoms with Gasteiger partial charge in [-0.25, -0.2) is 9.37 Å². The summed E-state index contributed by atoms with van der Waals surface area (Å²) in [5.74, 6) is 0.0705. The van der Waals surface area contributed by atoms with E-state index in [0.29, 0.717) is 18.9 Å². The van der Waals surface area contributed by atoms with Crippen molar-refractivity contribution in [3.05, 3.63) is 48.3 Å². The number of H-pyrrole nitrogens is 1. The number of anilines is 1. The maximum atomic E-state index is 13.1. The van der Waals surface area contributed by atoms with Crippen molar-refractivity contribution in [3.63, 3.8) is 0 Å². The van der Waals surface area contributed by atoms with Gasteiger partial charge in [-0.05, 0) is 31.0 Å². The highest BCUT2D eigenvalue weighted by atomic mass is 19.1. The molecule has 0 aliphatic carbocycles. The van der Waals surface area contributed by atoms with E-state index in [0.717, 1.165) is 18.5 Å². The van der Waals surface area contributed by atoms with E-state index in [-0.39, 0.29) is 17.8 Å². The van der Waals surface area contributed by atoms with Crippen LogP contribution in [0.25, 0.3) is 0 Å². The minimum atomic E-state index is -0.245. The van der Waals surface area contributed by atoms with Gasteiger partial charge < -0.3 is 15.2 Å². The van der Waals surface area contributed by atoms with Crippen LogP contribution >= 0.6 is 0 Å². The Kier molecular flexibility index (Phi) is 3.85. The summed E-state index contributed by atoms with van der Waals surface area (Å²) < 4.78 is 13.1. The predicted octanol–water partition coefficient (Wildman–Crippen LogP) is 2.27. The number of aromatic nitrogens is 2. The number of nitrogens with one attached hydrogen (secondary N) is 2. The molecule has 5 nitrogen and oxygen atoms in total. The molecule has 0 radical (unpaired) electrons. The fourth-order valence-corrected chi connectivity index (χ4v) is 2.57. The molecule has 2 N–H and O–H groups in total. The minimum absolute atomic E-state index is 0.0656. The molecule has 0 saturated carbocycles. The zero-order valence-electron chi connectivity index (χ0n) is 11.6. The van der Waals surface area contributed by atoms with E-state index >= 15 is 0 Å². The second-order valence-corrected chi connectivity index (χ2v) is 5.16. The van der Waals surface area contributed by atoms with E-state index in [2.05, 4.69) is 15.3 Å². The number of benzene rings is 1. The molecular weight excluding hydrogens is 271 g/mol. The molecule has 0 atom stereocenters. The van der Waals surface area contributed by atoms with Gasteiger partial charge in [-0.15, -0.1) is 0 Å². The highest BCUT2D eigenvalue weighted by Gasteiger charge is 2.24. The number of amides is 1. The number of likely N-dealkylation sites (tertiary alicyclic amines) is 1. The third-order valence-corrected chi connectivity index (χ3v) is 3.68. The number of aromatic amines is 1. The third-order valence-electron chi connectivity index (χ3n) is 3.68. The zero-order valence-corrected chi connectivity index (χ0v) is 11.6. The number of carbonyl (C=O) groups excluding carboxylic acids is 1. The third kappa shape index (κ3) is 3.21. The van der Waals surface area contributed by atoms with Crippen molar-refractivity contribution < 1.29 is 9.18 Å². The lowest BCUT2D eigenvalue weighted by molar-refractivity contribution is 0.0707. The second kappa shape index (κ2) is 5.95. The smallest absolute Gasteiger partial charge is 0.289 e. The molecule has 1 aromatic carbocycles. The Hall–Kier alpha value is -2.37. The Morgan fingerprint density at radius 3 is 2.86 bits per heavy atom. The largest absolute Gasteiger partial charge is 0.382 e. The number of rotatable bonds is 3. The van der Waals surface area contributed by atoms with Crippen LogP contribution in [0, 0.1) is 5.82 Å². The quantitative estimate of drug-likeness (QED) is 0.910. The van der Waals surface area contributed by atoms with Crippen molar-refractivity contribution in [2.24, 2.45) is 0 Å². The van der Waals surface area contributed by atoms with Gasteiger partial charge in [0.05, 0.1) is 0 Å². The molecule has 1 fully saturated rings. The molecule has 110 valence electrons. The normalized spacial score (nSPS) is 16.0. The number of piperidine rings is 1. The van der Waals surface area contributed by atoms with Gasteiger partial charge in [0.25, 0.3) is 5.91 Å². The molecule has 0 spiro atoms. The number of hydrogen-bond acceptors (Lipinski definition) is 3. The first-order chi connectivity index (χ1) is 10.2. The van der Waals surface area contributed by atoms with Crippen LogP contribution in [0.2, 0.25) is 0 Å². The summed E-state index contributed by atoms with van der Waals surface area (Å²) in [6.07, 6.45) is 4.89. The van der Waals surface area contributed by atoms with E-state index < -0.39 is 0 Å². The van der Waals surface area contributed by atoms with Crippen molar-refractivity contribution in [2.45, 2.75) is 18.9 Å². The molecule has 1 saturated heterocycles. The standard InChI is InChI=1S/C15H17FN4O/c16-11-2-1-3-13(10-11)19-12-4-8-20(9-5-12)15(21)14-17-6-7-18-14/h1-3,6-7,10,12,19H,4-5,8-9H2,(H,17,18). The van der Waals surface area contributed by atoms with Crippen molar-refractivity contribution in [2.75, 3.05) is 18.4 Å². The maximum absolute atomic E-state index is 13.1. The summed E-state index contributed by atoms with van der Waals surface area (Å²) in [7, 11) is 0. The molecule has 6 heteroatoms.